The average molecular weight is 691 g/mol. The molecule has 4 heterocycles. The fourth-order valence-electron chi connectivity index (χ4n) is 7.88. The minimum atomic E-state index is -0.483. The zero-order valence-electron chi connectivity index (χ0n) is 30.6. The van der Waals surface area contributed by atoms with Gasteiger partial charge in [-0.3, -0.25) is 19.4 Å². The molecule has 6 bridgehead atoms. The molecular weight excluding hydrogens is 644 g/mol. The largest absolute Gasteiger partial charge is 0.493 e. The number of methoxy groups -OCH3 is 3. The van der Waals surface area contributed by atoms with Gasteiger partial charge in [-0.15, -0.1) is 0 Å². The number of nitrogens with zero attached hydrogens (tertiary/aromatic N) is 2. The normalized spacial score (nSPS) is 18.4. The van der Waals surface area contributed by atoms with Crippen molar-refractivity contribution in [2.45, 2.75) is 58.0 Å². The molecule has 4 aliphatic heterocycles. The number of fused-ring (bicyclic) bond motifs is 2. The van der Waals surface area contributed by atoms with Crippen LogP contribution in [0.5, 0.6) is 40.2 Å². The van der Waals surface area contributed by atoms with Gasteiger partial charge in [-0.05, 0) is 122 Å². The topological polar surface area (TPSA) is 86.8 Å². The summed E-state index contributed by atoms with van der Waals surface area (Å²) in [6, 6.07) is 18.6. The van der Waals surface area contributed by atoms with E-state index in [1.807, 2.05) is 24.3 Å². The smallest absolute Gasteiger partial charge is 0.204 e. The molecule has 4 aromatic rings. The Labute approximate surface area is 300 Å². The van der Waals surface area contributed by atoms with Gasteiger partial charge in [-0.1, -0.05) is 18.2 Å². The van der Waals surface area contributed by atoms with Crippen molar-refractivity contribution >= 4 is 11.6 Å². The van der Waals surface area contributed by atoms with Crippen LogP contribution < -0.4 is 23.7 Å². The Balaban J connectivity index is 1.48. The molecule has 0 saturated carbocycles. The van der Waals surface area contributed by atoms with Crippen LogP contribution in [0.15, 0.2) is 54.6 Å². The van der Waals surface area contributed by atoms with Gasteiger partial charge >= 0.3 is 0 Å². The fourth-order valence-corrected chi connectivity index (χ4v) is 7.88. The zero-order valence-corrected chi connectivity index (χ0v) is 30.6. The van der Waals surface area contributed by atoms with Crippen LogP contribution in [0, 0.1) is 6.92 Å². The second-order valence-electron chi connectivity index (χ2n) is 14.0. The van der Waals surface area contributed by atoms with Crippen molar-refractivity contribution in [2.24, 2.45) is 0 Å². The van der Waals surface area contributed by atoms with Gasteiger partial charge in [0, 0.05) is 44.1 Å². The quantitative estimate of drug-likeness (QED) is 0.196. The van der Waals surface area contributed by atoms with Crippen molar-refractivity contribution in [3.05, 3.63) is 99.1 Å². The summed E-state index contributed by atoms with van der Waals surface area (Å²) in [5, 5.41) is 0. The van der Waals surface area contributed by atoms with E-state index in [1.54, 1.807) is 21.3 Å². The van der Waals surface area contributed by atoms with Crippen molar-refractivity contribution in [1.82, 2.24) is 9.80 Å². The number of carbonyl (C=O) groups is 2. The number of aryl methyl sites for hydroxylation is 1. The highest BCUT2D eigenvalue weighted by Crippen LogP contribution is 2.51. The van der Waals surface area contributed by atoms with Gasteiger partial charge in [0.1, 0.15) is 11.5 Å². The maximum atomic E-state index is 12.9. The highest BCUT2D eigenvalue weighted by Gasteiger charge is 2.35. The Kier molecular flexibility index (Phi) is 9.52. The molecule has 9 heteroatoms. The van der Waals surface area contributed by atoms with Gasteiger partial charge in [0.25, 0.3) is 0 Å². The third kappa shape index (κ3) is 6.56. The molecule has 4 aromatic carbocycles. The van der Waals surface area contributed by atoms with Gasteiger partial charge in [-0.2, -0.15) is 0 Å². The number of rotatable bonds is 6. The molecule has 0 N–H and O–H groups in total. The third-order valence-corrected chi connectivity index (χ3v) is 10.8. The summed E-state index contributed by atoms with van der Waals surface area (Å²) in [7, 11) is 9.18. The third-order valence-electron chi connectivity index (χ3n) is 10.8. The summed E-state index contributed by atoms with van der Waals surface area (Å²) in [4.78, 5) is 29.8. The maximum absolute atomic E-state index is 12.9. The lowest BCUT2D eigenvalue weighted by Gasteiger charge is -2.38. The lowest BCUT2D eigenvalue weighted by atomic mass is 9.85. The van der Waals surface area contributed by atoms with Crippen LogP contribution in [0.2, 0.25) is 0 Å². The van der Waals surface area contributed by atoms with Crippen molar-refractivity contribution in [3.8, 4) is 40.2 Å². The molecule has 0 saturated heterocycles. The van der Waals surface area contributed by atoms with Gasteiger partial charge in [0.05, 0.1) is 21.3 Å². The van der Waals surface area contributed by atoms with Crippen LogP contribution in [0.3, 0.4) is 0 Å². The van der Waals surface area contributed by atoms with E-state index in [0.717, 1.165) is 60.4 Å². The number of ether oxygens (including phenoxy) is 5. The van der Waals surface area contributed by atoms with Crippen molar-refractivity contribution < 1.29 is 33.3 Å². The molecule has 0 aromatic heterocycles. The van der Waals surface area contributed by atoms with E-state index >= 15 is 0 Å². The molecule has 0 amide bonds. The molecule has 0 fully saturated rings. The van der Waals surface area contributed by atoms with E-state index in [1.165, 1.54) is 23.6 Å². The molecule has 0 radical (unpaired) electrons. The van der Waals surface area contributed by atoms with E-state index in [4.69, 9.17) is 23.7 Å². The Morgan fingerprint density at radius 1 is 0.765 bits per heavy atom. The van der Waals surface area contributed by atoms with Gasteiger partial charge in [-0.25, -0.2) is 0 Å². The first-order chi connectivity index (χ1) is 24.6. The van der Waals surface area contributed by atoms with E-state index in [-0.39, 0.29) is 18.5 Å². The van der Waals surface area contributed by atoms with Crippen LogP contribution >= 0.6 is 0 Å². The summed E-state index contributed by atoms with van der Waals surface area (Å²) in [6.07, 6.45) is 3.04. The number of likely N-dealkylation sites (N-methyl/N-ethyl adjacent to an activating group) is 2. The zero-order chi connectivity index (χ0) is 36.0. The Hall–Kier alpha value is -4.86. The van der Waals surface area contributed by atoms with Crippen molar-refractivity contribution in [2.75, 3.05) is 48.5 Å². The Morgan fingerprint density at radius 3 is 2.16 bits per heavy atom. The highest BCUT2D eigenvalue weighted by atomic mass is 16.5. The molecule has 0 spiro atoms. The number of Topliss-reactive ketones (excluding diaryl/α,β-unsaturated/α-hetero) is 2. The molecule has 9 nitrogen and oxygen atoms in total. The van der Waals surface area contributed by atoms with E-state index in [2.05, 4.69) is 61.2 Å². The molecule has 0 unspecified atom stereocenters. The molecule has 8 rings (SSSR count). The van der Waals surface area contributed by atoms with Crippen LogP contribution in [0.4, 0.5) is 0 Å². The molecule has 4 aliphatic rings. The van der Waals surface area contributed by atoms with Crippen molar-refractivity contribution in [1.29, 1.82) is 0 Å². The maximum Gasteiger partial charge on any atom is 0.204 e. The predicted molar refractivity (Wildman–Crippen MR) is 195 cm³/mol. The minimum Gasteiger partial charge on any atom is -0.493 e. The number of ketones is 2. The SMILES string of the molecule is COc1cc(CC(=O)C(C)=O)c2cc1Oc1ccc(cc1)C[C@H]1c3cc(c(C)cc3CCN1C)Oc1c(OC)c(OC)cc3c1[C@H](C2)N(C)CC3. The highest BCUT2D eigenvalue weighted by molar-refractivity contribution is 6.36. The monoisotopic (exact) mass is 690 g/mol. The van der Waals surface area contributed by atoms with Crippen LogP contribution in [0.1, 0.15) is 63.5 Å². The average Bonchev–Trinajstić information content (AvgIpc) is 3.12. The summed E-state index contributed by atoms with van der Waals surface area (Å²) >= 11 is 0. The standard InChI is InChI=1S/C42H46N2O7/c1-24-16-27-12-14-43(3)33-17-26-8-10-31(11-9-26)50-38-22-29(30(21-37(38)47-5)19-35(46)25(2)45)18-34-40-28(13-15-44(34)4)20-39(48-6)41(49-7)42(40)51-36(24)23-32(27)33/h8-11,16,20-23,33-34H,12-15,17-19H2,1-7H3/t33-,34-/m0/s1. The van der Waals surface area contributed by atoms with E-state index in [0.29, 0.717) is 46.5 Å². The minimum absolute atomic E-state index is 0.0431. The van der Waals surface area contributed by atoms with E-state index < -0.39 is 11.6 Å². The Morgan fingerprint density at radius 2 is 1.47 bits per heavy atom. The second kappa shape index (κ2) is 14.0. The number of carbonyl (C=O) groups excluding carboxylic acids is 2. The van der Waals surface area contributed by atoms with Gasteiger partial charge < -0.3 is 23.7 Å². The summed E-state index contributed by atoms with van der Waals surface area (Å²) in [5.74, 6) is 3.29. The number of hydrogen-bond acceptors (Lipinski definition) is 9. The lowest BCUT2D eigenvalue weighted by Crippen LogP contribution is -2.34. The van der Waals surface area contributed by atoms with Crippen LogP contribution in [-0.2, 0) is 41.7 Å². The molecule has 51 heavy (non-hydrogen) atoms. The summed E-state index contributed by atoms with van der Waals surface area (Å²) in [6.45, 7) is 5.19. The Bertz CT molecular complexity index is 2000. The number of benzene rings is 4. The summed E-state index contributed by atoms with van der Waals surface area (Å²) in [5.41, 5.74) is 8.55. The molecule has 2 atom stereocenters. The fraction of sp³-hybridized carbons (Fsp3) is 0.381. The summed E-state index contributed by atoms with van der Waals surface area (Å²) < 4.78 is 31.4. The predicted octanol–water partition coefficient (Wildman–Crippen LogP) is 7.16. The van der Waals surface area contributed by atoms with E-state index in [9.17, 15) is 9.59 Å². The molecular formula is C42H46N2O7. The molecule has 0 aliphatic carbocycles. The van der Waals surface area contributed by atoms with Gasteiger partial charge in [0.2, 0.25) is 11.5 Å². The first-order valence-corrected chi connectivity index (χ1v) is 17.6. The first kappa shape index (κ1) is 34.6. The van der Waals surface area contributed by atoms with Crippen molar-refractivity contribution in [3.63, 3.8) is 0 Å². The molecule has 266 valence electrons. The van der Waals surface area contributed by atoms with Crippen LogP contribution in [-0.4, -0.2) is 69.9 Å². The van der Waals surface area contributed by atoms with Gasteiger partial charge in [0.15, 0.2) is 28.8 Å². The lowest BCUT2D eigenvalue weighted by molar-refractivity contribution is -0.134. The first-order valence-electron chi connectivity index (χ1n) is 17.6. The second-order valence-corrected chi connectivity index (χ2v) is 14.0. The number of hydrogen-bond donors (Lipinski definition) is 0. The van der Waals surface area contributed by atoms with Crippen LogP contribution in [0.25, 0.3) is 0 Å².